The maximum atomic E-state index is 12.4. The number of benzene rings is 1. The molecule has 0 spiro atoms. The lowest BCUT2D eigenvalue weighted by Gasteiger charge is -2.27. The zero-order chi connectivity index (χ0) is 12.7. The first-order valence-electron chi connectivity index (χ1n) is 5.74. The van der Waals surface area contributed by atoms with E-state index in [1.54, 1.807) is 0 Å². The molecule has 0 aromatic heterocycles. The Bertz CT molecular complexity index is 388. The zero-order valence-electron chi connectivity index (χ0n) is 9.93. The lowest BCUT2D eigenvalue weighted by atomic mass is 9.98. The molecule has 17 heavy (non-hydrogen) atoms. The van der Waals surface area contributed by atoms with Gasteiger partial charge in [-0.25, -0.2) is 0 Å². The van der Waals surface area contributed by atoms with Crippen molar-refractivity contribution in [2.24, 2.45) is 5.92 Å². The molecule has 0 saturated heterocycles. The number of hydrogen-bond donors (Lipinski definition) is 1. The molecule has 0 radical (unpaired) electrons. The topological polar surface area (TPSA) is 12.0 Å². The third-order valence-corrected chi connectivity index (χ3v) is 3.28. The number of anilines is 1. The average Bonchev–Trinajstić information content (AvgIpc) is 2.99. The molecule has 1 saturated carbocycles. The molecule has 0 unspecified atom stereocenters. The zero-order valence-corrected chi connectivity index (χ0v) is 9.93. The van der Waals surface area contributed by atoms with Crippen LogP contribution in [0.15, 0.2) is 24.3 Å². The molecular weight excluding hydrogens is 227 g/mol. The lowest BCUT2D eigenvalue weighted by Crippen LogP contribution is -2.33. The van der Waals surface area contributed by atoms with E-state index in [4.69, 9.17) is 0 Å². The second-order valence-electron chi connectivity index (χ2n) is 5.20. The van der Waals surface area contributed by atoms with E-state index in [0.717, 1.165) is 17.8 Å². The second-order valence-corrected chi connectivity index (χ2v) is 5.20. The van der Waals surface area contributed by atoms with Gasteiger partial charge < -0.3 is 5.32 Å². The minimum atomic E-state index is -4.26. The number of halogens is 3. The Morgan fingerprint density at radius 1 is 1.06 bits per heavy atom. The molecule has 1 aromatic rings. The van der Waals surface area contributed by atoms with Crippen LogP contribution < -0.4 is 5.32 Å². The Morgan fingerprint density at radius 2 is 1.59 bits per heavy atom. The monoisotopic (exact) mass is 243 g/mol. The van der Waals surface area contributed by atoms with E-state index in [1.807, 2.05) is 0 Å². The number of rotatable bonds is 3. The minimum absolute atomic E-state index is 0.0419. The van der Waals surface area contributed by atoms with Crippen molar-refractivity contribution in [3.05, 3.63) is 29.8 Å². The average molecular weight is 243 g/mol. The van der Waals surface area contributed by atoms with Crippen LogP contribution in [-0.4, -0.2) is 5.54 Å². The summed E-state index contributed by atoms with van der Waals surface area (Å²) < 4.78 is 37.1. The third kappa shape index (κ3) is 2.93. The molecular formula is C13H16F3N. The summed E-state index contributed by atoms with van der Waals surface area (Å²) in [6.07, 6.45) is -1.87. The van der Waals surface area contributed by atoms with Crippen molar-refractivity contribution in [1.82, 2.24) is 0 Å². The number of hydrogen-bond acceptors (Lipinski definition) is 1. The molecule has 0 atom stereocenters. The van der Waals surface area contributed by atoms with Gasteiger partial charge in [-0.15, -0.1) is 0 Å². The van der Waals surface area contributed by atoms with Gasteiger partial charge in [0.15, 0.2) is 0 Å². The standard InChI is InChI=1S/C13H16F3N/c1-12(2,9-3-4-9)17-11-7-5-10(6-8-11)13(14,15)16/h5-9,17H,3-4H2,1-2H3. The van der Waals surface area contributed by atoms with Gasteiger partial charge in [-0.1, -0.05) is 0 Å². The fourth-order valence-electron chi connectivity index (χ4n) is 2.02. The Hall–Kier alpha value is -1.19. The Morgan fingerprint density at radius 3 is 2.00 bits per heavy atom. The minimum Gasteiger partial charge on any atom is -0.380 e. The van der Waals surface area contributed by atoms with Gasteiger partial charge in [-0.05, 0) is 56.9 Å². The van der Waals surface area contributed by atoms with Gasteiger partial charge in [0.2, 0.25) is 0 Å². The number of alkyl halides is 3. The smallest absolute Gasteiger partial charge is 0.380 e. The molecule has 1 aromatic carbocycles. The summed E-state index contributed by atoms with van der Waals surface area (Å²) in [5.74, 6) is 0.629. The summed E-state index contributed by atoms with van der Waals surface area (Å²) in [5, 5.41) is 3.29. The van der Waals surface area contributed by atoms with E-state index in [1.165, 1.54) is 25.0 Å². The third-order valence-electron chi connectivity index (χ3n) is 3.28. The van der Waals surface area contributed by atoms with Crippen LogP contribution in [-0.2, 0) is 6.18 Å². The predicted octanol–water partition coefficient (Wildman–Crippen LogP) is 4.31. The van der Waals surface area contributed by atoms with Crippen LogP contribution in [0, 0.1) is 5.92 Å². The Balaban J connectivity index is 2.08. The Kier molecular flexibility index (Phi) is 2.84. The molecule has 1 N–H and O–H groups in total. The highest BCUT2D eigenvalue weighted by atomic mass is 19.4. The van der Waals surface area contributed by atoms with E-state index in [9.17, 15) is 13.2 Å². The normalized spacial score (nSPS) is 17.0. The molecule has 0 amide bonds. The van der Waals surface area contributed by atoms with Crippen LogP contribution in [0.25, 0.3) is 0 Å². The van der Waals surface area contributed by atoms with Crippen molar-refractivity contribution in [1.29, 1.82) is 0 Å². The quantitative estimate of drug-likeness (QED) is 0.834. The summed E-state index contributed by atoms with van der Waals surface area (Å²) in [6.45, 7) is 4.17. The van der Waals surface area contributed by atoms with E-state index >= 15 is 0 Å². The highest BCUT2D eigenvalue weighted by molar-refractivity contribution is 5.47. The van der Waals surface area contributed by atoms with Crippen LogP contribution in [0.3, 0.4) is 0 Å². The van der Waals surface area contributed by atoms with Gasteiger partial charge in [-0.2, -0.15) is 13.2 Å². The van der Waals surface area contributed by atoms with Crippen LogP contribution >= 0.6 is 0 Å². The molecule has 4 heteroatoms. The first-order chi connectivity index (χ1) is 7.79. The van der Waals surface area contributed by atoms with Crippen molar-refractivity contribution in [2.75, 3.05) is 5.32 Å². The molecule has 1 nitrogen and oxygen atoms in total. The van der Waals surface area contributed by atoms with Crippen molar-refractivity contribution in [2.45, 2.75) is 38.4 Å². The summed E-state index contributed by atoms with van der Waals surface area (Å²) in [5.41, 5.74) is 0.0990. The van der Waals surface area contributed by atoms with Gasteiger partial charge in [-0.3, -0.25) is 0 Å². The van der Waals surface area contributed by atoms with E-state index in [-0.39, 0.29) is 5.54 Å². The number of nitrogens with one attached hydrogen (secondary N) is 1. The fourth-order valence-corrected chi connectivity index (χ4v) is 2.02. The SMILES string of the molecule is CC(C)(Nc1ccc(C(F)(F)F)cc1)C1CC1. The summed E-state index contributed by atoms with van der Waals surface area (Å²) in [4.78, 5) is 0. The molecule has 94 valence electrons. The van der Waals surface area contributed by atoms with Crippen molar-refractivity contribution >= 4 is 5.69 Å². The molecule has 0 bridgehead atoms. The molecule has 2 rings (SSSR count). The van der Waals surface area contributed by atoms with Crippen LogP contribution in [0.1, 0.15) is 32.3 Å². The fraction of sp³-hybridized carbons (Fsp3) is 0.538. The maximum absolute atomic E-state index is 12.4. The first kappa shape index (κ1) is 12.3. The first-order valence-corrected chi connectivity index (χ1v) is 5.74. The van der Waals surface area contributed by atoms with Gasteiger partial charge in [0, 0.05) is 11.2 Å². The summed E-state index contributed by atoms with van der Waals surface area (Å²) in [7, 11) is 0. The molecule has 1 aliphatic rings. The summed E-state index contributed by atoms with van der Waals surface area (Å²) in [6, 6.07) is 5.22. The molecule has 1 aliphatic carbocycles. The van der Waals surface area contributed by atoms with E-state index in [0.29, 0.717) is 5.92 Å². The van der Waals surface area contributed by atoms with Gasteiger partial charge in [0.05, 0.1) is 5.56 Å². The molecule has 0 aliphatic heterocycles. The lowest BCUT2D eigenvalue weighted by molar-refractivity contribution is -0.137. The van der Waals surface area contributed by atoms with Gasteiger partial charge >= 0.3 is 6.18 Å². The molecule has 0 heterocycles. The van der Waals surface area contributed by atoms with Gasteiger partial charge in [0.1, 0.15) is 0 Å². The van der Waals surface area contributed by atoms with E-state index < -0.39 is 11.7 Å². The van der Waals surface area contributed by atoms with Crippen molar-refractivity contribution in [3.8, 4) is 0 Å². The molecule has 1 fully saturated rings. The van der Waals surface area contributed by atoms with Crippen molar-refractivity contribution < 1.29 is 13.2 Å². The highest BCUT2D eigenvalue weighted by Gasteiger charge is 2.37. The largest absolute Gasteiger partial charge is 0.416 e. The predicted molar refractivity (Wildman–Crippen MR) is 61.9 cm³/mol. The second kappa shape index (κ2) is 3.93. The Labute approximate surface area is 99.0 Å². The van der Waals surface area contributed by atoms with E-state index in [2.05, 4.69) is 19.2 Å². The van der Waals surface area contributed by atoms with Gasteiger partial charge in [0.25, 0.3) is 0 Å². The highest BCUT2D eigenvalue weighted by Crippen LogP contribution is 2.41. The van der Waals surface area contributed by atoms with Crippen molar-refractivity contribution in [3.63, 3.8) is 0 Å². The van der Waals surface area contributed by atoms with Crippen LogP contribution in [0.5, 0.6) is 0 Å². The van der Waals surface area contributed by atoms with Crippen LogP contribution in [0.2, 0.25) is 0 Å². The summed E-state index contributed by atoms with van der Waals surface area (Å²) >= 11 is 0. The van der Waals surface area contributed by atoms with Crippen LogP contribution in [0.4, 0.5) is 18.9 Å². The maximum Gasteiger partial charge on any atom is 0.416 e.